The standard InChI is InChI=1S/C55H39N5O/c1-33-29-44-50(30-34(33)2)60(39-13-7-4-8-14-39)49-28-26-42-41-25-27-48-51(53(41)61-54(42)52(44)49)43-15-9-10-16-47(43)59(48)40-23-21-38(22-24-40)55-57-45(36-11-5-3-6-12-36)31-46(58-55)37-19-17-35(32-56)18-20-37/h3-28,31,33-34H,29-30H2,1-2H3. The molecule has 7 aromatic carbocycles. The average Bonchev–Trinajstić information content (AvgIpc) is 3.97. The zero-order chi connectivity index (χ0) is 40.8. The molecule has 61 heavy (non-hydrogen) atoms. The number of rotatable bonds is 5. The molecule has 0 bridgehead atoms. The lowest BCUT2D eigenvalue weighted by Crippen LogP contribution is -2.21. The van der Waals surface area contributed by atoms with Crippen LogP contribution < -0.4 is 0 Å². The van der Waals surface area contributed by atoms with Gasteiger partial charge in [0.15, 0.2) is 5.82 Å². The van der Waals surface area contributed by atoms with Crippen LogP contribution in [-0.4, -0.2) is 19.1 Å². The lowest BCUT2D eigenvalue weighted by Gasteiger charge is -2.27. The van der Waals surface area contributed by atoms with Gasteiger partial charge < -0.3 is 13.6 Å². The van der Waals surface area contributed by atoms with E-state index in [0.29, 0.717) is 23.2 Å². The van der Waals surface area contributed by atoms with E-state index in [4.69, 9.17) is 14.4 Å². The highest BCUT2D eigenvalue weighted by molar-refractivity contribution is 6.26. The smallest absolute Gasteiger partial charge is 0.160 e. The van der Waals surface area contributed by atoms with Gasteiger partial charge >= 0.3 is 0 Å². The Hall–Kier alpha value is -7.75. The highest BCUT2D eigenvalue weighted by Crippen LogP contribution is 2.46. The minimum absolute atomic E-state index is 0.585. The third-order valence-electron chi connectivity index (χ3n) is 13.1. The summed E-state index contributed by atoms with van der Waals surface area (Å²) in [6, 6.07) is 59.1. The molecule has 0 fully saturated rings. The van der Waals surface area contributed by atoms with Gasteiger partial charge in [-0.2, -0.15) is 5.26 Å². The van der Waals surface area contributed by atoms with E-state index in [1.165, 1.54) is 27.8 Å². The molecular formula is C55H39N5O. The lowest BCUT2D eigenvalue weighted by molar-refractivity contribution is 0.357. The Kier molecular flexibility index (Phi) is 7.88. The first-order valence-electron chi connectivity index (χ1n) is 21.1. The molecule has 0 radical (unpaired) electrons. The summed E-state index contributed by atoms with van der Waals surface area (Å²) < 4.78 is 12.1. The maximum atomic E-state index is 9.40. The molecule has 0 saturated carbocycles. The molecule has 11 aromatic rings. The van der Waals surface area contributed by atoms with Crippen molar-refractivity contribution >= 4 is 54.6 Å². The van der Waals surface area contributed by atoms with Crippen LogP contribution in [0, 0.1) is 23.2 Å². The number of nitrogens with zero attached hydrogens (tertiary/aromatic N) is 5. The quantitative estimate of drug-likeness (QED) is 0.174. The number of benzene rings is 7. The molecular weight excluding hydrogens is 747 g/mol. The van der Waals surface area contributed by atoms with Crippen molar-refractivity contribution in [3.63, 3.8) is 0 Å². The third-order valence-corrected chi connectivity index (χ3v) is 13.1. The van der Waals surface area contributed by atoms with Crippen LogP contribution in [0.2, 0.25) is 0 Å². The Morgan fingerprint density at radius 3 is 1.80 bits per heavy atom. The topological polar surface area (TPSA) is 72.6 Å². The van der Waals surface area contributed by atoms with Crippen molar-refractivity contribution in [1.29, 1.82) is 5.26 Å². The van der Waals surface area contributed by atoms with Crippen LogP contribution in [-0.2, 0) is 12.8 Å². The Labute approximate surface area is 352 Å². The molecule has 0 amide bonds. The first-order valence-corrected chi connectivity index (χ1v) is 21.1. The van der Waals surface area contributed by atoms with Gasteiger partial charge in [0.2, 0.25) is 0 Å². The van der Waals surface area contributed by atoms with Gasteiger partial charge in [-0.3, -0.25) is 0 Å². The SMILES string of the molecule is CC1Cc2c(n(-c3ccccc3)c3ccc4c5ccc6c(c7ccccc7n6-c6ccc(-c7nc(-c8ccccc8)cc(-c8ccc(C#N)cc8)n7)cc6)c5oc4c23)CC1C. The molecule has 290 valence electrons. The minimum Gasteiger partial charge on any atom is -0.455 e. The Balaban J connectivity index is 1.02. The second-order valence-electron chi connectivity index (χ2n) is 16.7. The number of aromatic nitrogens is 4. The summed E-state index contributed by atoms with van der Waals surface area (Å²) in [6.45, 7) is 4.79. The maximum Gasteiger partial charge on any atom is 0.160 e. The Bertz CT molecular complexity index is 3550. The molecule has 6 nitrogen and oxygen atoms in total. The summed E-state index contributed by atoms with van der Waals surface area (Å²) in [4.78, 5) is 10.1. The Morgan fingerprint density at radius 2 is 1.10 bits per heavy atom. The highest BCUT2D eigenvalue weighted by Gasteiger charge is 2.31. The van der Waals surface area contributed by atoms with Crippen LogP contribution >= 0.6 is 0 Å². The molecule has 1 aliphatic carbocycles. The fourth-order valence-corrected chi connectivity index (χ4v) is 9.81. The maximum absolute atomic E-state index is 9.40. The van der Waals surface area contributed by atoms with Gasteiger partial charge in [0.05, 0.1) is 45.0 Å². The van der Waals surface area contributed by atoms with E-state index in [0.717, 1.165) is 90.4 Å². The summed E-state index contributed by atoms with van der Waals surface area (Å²) >= 11 is 0. The highest BCUT2D eigenvalue weighted by atomic mass is 16.3. The summed E-state index contributed by atoms with van der Waals surface area (Å²) in [5, 5.41) is 15.2. The monoisotopic (exact) mass is 785 g/mol. The molecule has 0 N–H and O–H groups in total. The van der Waals surface area contributed by atoms with E-state index in [9.17, 15) is 5.26 Å². The molecule has 4 heterocycles. The van der Waals surface area contributed by atoms with Gasteiger partial charge in [-0.1, -0.05) is 92.7 Å². The molecule has 2 unspecified atom stereocenters. The van der Waals surface area contributed by atoms with Crippen LogP contribution in [0.15, 0.2) is 168 Å². The normalized spacial score (nSPS) is 15.2. The molecule has 4 aromatic heterocycles. The summed E-state index contributed by atoms with van der Waals surface area (Å²) in [5.41, 5.74) is 15.5. The fraction of sp³-hybridized carbons (Fsp3) is 0.109. The van der Waals surface area contributed by atoms with Crippen molar-refractivity contribution in [2.24, 2.45) is 11.8 Å². The first kappa shape index (κ1) is 35.2. The number of furan rings is 1. The van der Waals surface area contributed by atoms with E-state index in [1.807, 2.05) is 48.5 Å². The first-order chi connectivity index (χ1) is 30.0. The van der Waals surface area contributed by atoms with E-state index < -0.39 is 0 Å². The van der Waals surface area contributed by atoms with Crippen LogP contribution in [0.1, 0.15) is 30.7 Å². The predicted molar refractivity (Wildman–Crippen MR) is 247 cm³/mol. The summed E-state index contributed by atoms with van der Waals surface area (Å²) in [6.07, 6.45) is 2.08. The van der Waals surface area contributed by atoms with Gasteiger partial charge in [0.25, 0.3) is 0 Å². The molecule has 0 aliphatic heterocycles. The minimum atomic E-state index is 0.585. The molecule has 12 rings (SSSR count). The molecule has 6 heteroatoms. The number of hydrogen-bond donors (Lipinski definition) is 0. The van der Waals surface area contributed by atoms with Crippen molar-refractivity contribution < 1.29 is 4.42 Å². The van der Waals surface area contributed by atoms with Gasteiger partial charge in [0.1, 0.15) is 11.2 Å². The molecule has 1 aliphatic rings. The zero-order valence-corrected chi connectivity index (χ0v) is 33.8. The predicted octanol–water partition coefficient (Wildman–Crippen LogP) is 13.7. The third kappa shape index (κ3) is 5.47. The van der Waals surface area contributed by atoms with E-state index in [1.54, 1.807) is 0 Å². The van der Waals surface area contributed by atoms with Gasteiger partial charge in [-0.15, -0.1) is 0 Å². The van der Waals surface area contributed by atoms with Gasteiger partial charge in [-0.05, 0) is 115 Å². The van der Waals surface area contributed by atoms with Crippen molar-refractivity contribution in [3.8, 4) is 51.3 Å². The zero-order valence-electron chi connectivity index (χ0n) is 33.8. The molecule has 2 atom stereocenters. The van der Waals surface area contributed by atoms with E-state index in [2.05, 4.69) is 144 Å². The number of para-hydroxylation sites is 2. The van der Waals surface area contributed by atoms with Crippen molar-refractivity contribution in [2.75, 3.05) is 0 Å². The van der Waals surface area contributed by atoms with Crippen molar-refractivity contribution in [3.05, 3.63) is 181 Å². The van der Waals surface area contributed by atoms with Crippen LogP contribution in [0.25, 0.3) is 99.9 Å². The van der Waals surface area contributed by atoms with E-state index in [-0.39, 0.29) is 0 Å². The van der Waals surface area contributed by atoms with Gasteiger partial charge in [0, 0.05) is 55.3 Å². The molecule has 0 spiro atoms. The summed E-state index contributed by atoms with van der Waals surface area (Å²) in [7, 11) is 0. The second kappa shape index (κ2) is 13.7. The van der Waals surface area contributed by atoms with Crippen LogP contribution in [0.3, 0.4) is 0 Å². The van der Waals surface area contributed by atoms with Crippen molar-refractivity contribution in [1.82, 2.24) is 19.1 Å². The van der Waals surface area contributed by atoms with Crippen LogP contribution in [0.4, 0.5) is 0 Å². The van der Waals surface area contributed by atoms with Crippen LogP contribution in [0.5, 0.6) is 0 Å². The number of hydrogen-bond acceptors (Lipinski definition) is 4. The summed E-state index contributed by atoms with van der Waals surface area (Å²) in [5.74, 6) is 1.82. The average molecular weight is 786 g/mol. The lowest BCUT2D eigenvalue weighted by atomic mass is 9.80. The van der Waals surface area contributed by atoms with Crippen molar-refractivity contribution in [2.45, 2.75) is 26.7 Å². The second-order valence-corrected chi connectivity index (χ2v) is 16.7. The van der Waals surface area contributed by atoms with Gasteiger partial charge in [-0.25, -0.2) is 9.97 Å². The fourth-order valence-electron chi connectivity index (χ4n) is 9.81. The number of fused-ring (bicyclic) bond motifs is 11. The Morgan fingerprint density at radius 1 is 0.525 bits per heavy atom. The van der Waals surface area contributed by atoms with E-state index >= 15 is 0 Å². The number of nitriles is 1. The largest absolute Gasteiger partial charge is 0.455 e. The molecule has 0 saturated heterocycles.